The summed E-state index contributed by atoms with van der Waals surface area (Å²) in [5.41, 5.74) is 5.87. The van der Waals surface area contributed by atoms with E-state index < -0.39 is 11.9 Å². The number of rotatable bonds is 3. The van der Waals surface area contributed by atoms with Crippen molar-refractivity contribution in [2.45, 2.75) is 6.42 Å². The molecule has 1 aromatic carbocycles. The first-order chi connectivity index (χ1) is 8.16. The lowest BCUT2D eigenvalue weighted by atomic mass is 9.97. The first-order valence-corrected chi connectivity index (χ1v) is 5.32. The van der Waals surface area contributed by atoms with Gasteiger partial charge < -0.3 is 15.2 Å². The van der Waals surface area contributed by atoms with Crippen LogP contribution >= 0.6 is 0 Å². The van der Waals surface area contributed by atoms with Crippen LogP contribution in [0.3, 0.4) is 0 Å². The molecule has 0 aromatic heterocycles. The molecule has 1 atom stereocenters. The van der Waals surface area contributed by atoms with Gasteiger partial charge in [0.2, 0.25) is 0 Å². The maximum Gasteiger partial charge on any atom is 0.313 e. The molecule has 2 N–H and O–H groups in total. The predicted molar refractivity (Wildman–Crippen MR) is 59.3 cm³/mol. The van der Waals surface area contributed by atoms with Gasteiger partial charge in [0.25, 0.3) is 5.91 Å². The smallest absolute Gasteiger partial charge is 0.313 e. The number of hydrogen-bond acceptors (Lipinski definition) is 4. The molecule has 0 saturated carbocycles. The highest BCUT2D eigenvalue weighted by Gasteiger charge is 2.27. The largest absolute Gasteiger partial charge is 0.492 e. The van der Waals surface area contributed by atoms with Crippen LogP contribution in [0, 0.1) is 5.92 Å². The highest BCUT2D eigenvalue weighted by atomic mass is 16.5. The summed E-state index contributed by atoms with van der Waals surface area (Å²) in [6.07, 6.45) is 0.563. The quantitative estimate of drug-likeness (QED) is 0.762. The number of ether oxygens (including phenoxy) is 2. The normalized spacial score (nSPS) is 17.8. The van der Waals surface area contributed by atoms with Gasteiger partial charge in [0.15, 0.2) is 6.61 Å². The second-order valence-electron chi connectivity index (χ2n) is 3.89. The first kappa shape index (κ1) is 11.4. The van der Waals surface area contributed by atoms with Gasteiger partial charge in [-0.2, -0.15) is 0 Å². The number of para-hydroxylation sites is 1. The summed E-state index contributed by atoms with van der Waals surface area (Å²) >= 11 is 0. The zero-order chi connectivity index (χ0) is 12.3. The lowest BCUT2D eigenvalue weighted by Crippen LogP contribution is -2.32. The van der Waals surface area contributed by atoms with Crippen molar-refractivity contribution in [3.8, 4) is 5.75 Å². The van der Waals surface area contributed by atoms with Crippen LogP contribution in [-0.4, -0.2) is 25.1 Å². The fourth-order valence-electron chi connectivity index (χ4n) is 1.74. The van der Waals surface area contributed by atoms with E-state index in [2.05, 4.69) is 0 Å². The summed E-state index contributed by atoms with van der Waals surface area (Å²) < 4.78 is 10.2. The summed E-state index contributed by atoms with van der Waals surface area (Å²) in [4.78, 5) is 22.1. The Morgan fingerprint density at radius 2 is 2.18 bits per heavy atom. The van der Waals surface area contributed by atoms with Crippen LogP contribution in [0.4, 0.5) is 0 Å². The Balaban J connectivity index is 1.97. The Bertz CT molecular complexity index is 444. The van der Waals surface area contributed by atoms with Crippen LogP contribution in [0.15, 0.2) is 24.3 Å². The second-order valence-corrected chi connectivity index (χ2v) is 3.89. The van der Waals surface area contributed by atoms with Crippen LogP contribution in [-0.2, 0) is 20.7 Å². The van der Waals surface area contributed by atoms with Gasteiger partial charge in [-0.3, -0.25) is 9.59 Å². The van der Waals surface area contributed by atoms with Crippen molar-refractivity contribution in [2.75, 3.05) is 13.2 Å². The van der Waals surface area contributed by atoms with Crippen molar-refractivity contribution in [2.24, 2.45) is 11.7 Å². The number of amides is 1. The Morgan fingerprint density at radius 3 is 2.94 bits per heavy atom. The van der Waals surface area contributed by atoms with E-state index in [0.717, 1.165) is 11.3 Å². The van der Waals surface area contributed by atoms with Crippen LogP contribution in [0.25, 0.3) is 0 Å². The molecule has 0 spiro atoms. The summed E-state index contributed by atoms with van der Waals surface area (Å²) in [5.74, 6) is -0.676. The molecule has 0 bridgehead atoms. The third-order valence-corrected chi connectivity index (χ3v) is 2.57. The van der Waals surface area contributed by atoms with Gasteiger partial charge in [0, 0.05) is 0 Å². The highest BCUT2D eigenvalue weighted by molar-refractivity contribution is 5.80. The molecule has 5 nitrogen and oxygen atoms in total. The third kappa shape index (κ3) is 2.75. The molecule has 0 radical (unpaired) electrons. The number of nitrogens with two attached hydrogens (primary N) is 1. The minimum atomic E-state index is -0.657. The molecule has 1 heterocycles. The lowest BCUT2D eigenvalue weighted by Gasteiger charge is -2.23. The number of hydrogen-bond donors (Lipinski definition) is 1. The number of carbonyl (C=O) groups excluding carboxylic acids is 2. The van der Waals surface area contributed by atoms with Gasteiger partial charge in [-0.25, -0.2) is 0 Å². The zero-order valence-electron chi connectivity index (χ0n) is 9.22. The van der Waals surface area contributed by atoms with E-state index >= 15 is 0 Å². The summed E-state index contributed by atoms with van der Waals surface area (Å²) in [6, 6.07) is 7.53. The van der Waals surface area contributed by atoms with Crippen LogP contribution in [0.2, 0.25) is 0 Å². The summed E-state index contributed by atoms with van der Waals surface area (Å²) in [7, 11) is 0. The van der Waals surface area contributed by atoms with E-state index in [1.807, 2.05) is 24.3 Å². The Labute approximate surface area is 98.5 Å². The van der Waals surface area contributed by atoms with Crippen LogP contribution in [0.5, 0.6) is 5.75 Å². The standard InChI is InChI=1S/C12H13NO4/c13-11(14)7-17-12(15)9-5-8-3-1-2-4-10(8)16-6-9/h1-4,9H,5-7H2,(H2,13,14). The van der Waals surface area contributed by atoms with Gasteiger partial charge >= 0.3 is 5.97 Å². The molecule has 1 amide bonds. The number of fused-ring (bicyclic) bond motifs is 1. The average Bonchev–Trinajstić information content (AvgIpc) is 2.35. The topological polar surface area (TPSA) is 78.6 Å². The van der Waals surface area contributed by atoms with E-state index in [9.17, 15) is 9.59 Å². The van der Waals surface area contributed by atoms with Crippen molar-refractivity contribution in [3.63, 3.8) is 0 Å². The molecule has 0 aliphatic carbocycles. The van der Waals surface area contributed by atoms with Gasteiger partial charge in [0.05, 0.1) is 5.92 Å². The van der Waals surface area contributed by atoms with Crippen molar-refractivity contribution in [3.05, 3.63) is 29.8 Å². The third-order valence-electron chi connectivity index (χ3n) is 2.57. The van der Waals surface area contributed by atoms with Gasteiger partial charge in [-0.1, -0.05) is 18.2 Å². The van der Waals surface area contributed by atoms with E-state index in [-0.39, 0.29) is 19.1 Å². The van der Waals surface area contributed by atoms with Crippen molar-refractivity contribution in [1.82, 2.24) is 0 Å². The van der Waals surface area contributed by atoms with Crippen LogP contribution in [0.1, 0.15) is 5.56 Å². The molecule has 1 aromatic rings. The van der Waals surface area contributed by atoms with Crippen molar-refractivity contribution < 1.29 is 19.1 Å². The number of carbonyl (C=O) groups is 2. The number of primary amides is 1. The second kappa shape index (κ2) is 4.86. The minimum absolute atomic E-state index is 0.272. The average molecular weight is 235 g/mol. The molecule has 1 aliphatic heterocycles. The number of esters is 1. The van der Waals surface area contributed by atoms with E-state index in [1.165, 1.54) is 0 Å². The molecule has 5 heteroatoms. The molecular weight excluding hydrogens is 222 g/mol. The molecule has 17 heavy (non-hydrogen) atoms. The van der Waals surface area contributed by atoms with Crippen LogP contribution < -0.4 is 10.5 Å². The van der Waals surface area contributed by atoms with E-state index in [0.29, 0.717) is 6.42 Å². The molecule has 0 saturated heterocycles. The molecule has 90 valence electrons. The molecule has 2 rings (SSSR count). The molecular formula is C12H13NO4. The SMILES string of the molecule is NC(=O)COC(=O)C1COc2ccccc2C1. The summed E-state index contributed by atoms with van der Waals surface area (Å²) in [5, 5.41) is 0. The van der Waals surface area contributed by atoms with Gasteiger partial charge in [-0.05, 0) is 18.1 Å². The fourth-order valence-corrected chi connectivity index (χ4v) is 1.74. The van der Waals surface area contributed by atoms with Gasteiger partial charge in [-0.15, -0.1) is 0 Å². The Kier molecular flexibility index (Phi) is 3.27. The highest BCUT2D eigenvalue weighted by Crippen LogP contribution is 2.27. The Hall–Kier alpha value is -2.04. The van der Waals surface area contributed by atoms with E-state index in [4.69, 9.17) is 15.2 Å². The zero-order valence-corrected chi connectivity index (χ0v) is 9.22. The predicted octanol–water partition coefficient (Wildman–Crippen LogP) is 0.266. The summed E-state index contributed by atoms with van der Waals surface area (Å²) in [6.45, 7) is -0.106. The minimum Gasteiger partial charge on any atom is -0.492 e. The maximum atomic E-state index is 11.6. The molecule has 1 unspecified atom stereocenters. The maximum absolute atomic E-state index is 11.6. The molecule has 1 aliphatic rings. The monoisotopic (exact) mass is 235 g/mol. The van der Waals surface area contributed by atoms with Crippen molar-refractivity contribution >= 4 is 11.9 Å². The van der Waals surface area contributed by atoms with E-state index in [1.54, 1.807) is 0 Å². The first-order valence-electron chi connectivity index (χ1n) is 5.32. The molecule has 0 fully saturated rings. The lowest BCUT2D eigenvalue weighted by molar-refractivity contribution is -0.153. The number of benzene rings is 1. The Morgan fingerprint density at radius 1 is 1.41 bits per heavy atom. The fraction of sp³-hybridized carbons (Fsp3) is 0.333. The van der Waals surface area contributed by atoms with Crippen molar-refractivity contribution in [1.29, 1.82) is 0 Å². The van der Waals surface area contributed by atoms with Gasteiger partial charge in [0.1, 0.15) is 12.4 Å².